The van der Waals surface area contributed by atoms with E-state index in [0.29, 0.717) is 17.0 Å². The molecule has 3 aliphatic carbocycles. The SMILES string of the molecule is Cc1nnc2n1-c1sc3c(c1C(c1ccccc1Cl)=NC21CC1)C[C@H](CC(=O)N[C@H]1CCc2cccc(F)c21)C3. The number of amides is 1. The molecule has 40 heavy (non-hydrogen) atoms. The van der Waals surface area contributed by atoms with Gasteiger partial charge < -0.3 is 5.32 Å². The summed E-state index contributed by atoms with van der Waals surface area (Å²) in [5, 5.41) is 13.9. The van der Waals surface area contributed by atoms with Crippen LogP contribution in [0.15, 0.2) is 47.5 Å². The van der Waals surface area contributed by atoms with Gasteiger partial charge in [-0.15, -0.1) is 21.5 Å². The minimum Gasteiger partial charge on any atom is -0.349 e. The second-order valence-electron chi connectivity index (χ2n) is 11.5. The average Bonchev–Trinajstić information content (AvgIpc) is 3.19. The lowest BCUT2D eigenvalue weighted by atomic mass is 9.96. The molecule has 0 radical (unpaired) electrons. The summed E-state index contributed by atoms with van der Waals surface area (Å²) in [4.78, 5) is 19.9. The van der Waals surface area contributed by atoms with E-state index in [1.165, 1.54) is 16.5 Å². The first-order valence-electron chi connectivity index (χ1n) is 13.9. The van der Waals surface area contributed by atoms with Gasteiger partial charge in [0.1, 0.15) is 22.2 Å². The number of hydrogen-bond donors (Lipinski definition) is 1. The summed E-state index contributed by atoms with van der Waals surface area (Å²) in [6, 6.07) is 12.8. The van der Waals surface area contributed by atoms with E-state index >= 15 is 0 Å². The van der Waals surface area contributed by atoms with Gasteiger partial charge in [-0.05, 0) is 74.6 Å². The van der Waals surface area contributed by atoms with Crippen molar-refractivity contribution in [1.29, 1.82) is 0 Å². The smallest absolute Gasteiger partial charge is 0.220 e. The third-order valence-corrected chi connectivity index (χ3v) is 10.5. The van der Waals surface area contributed by atoms with Crippen LogP contribution in [0.2, 0.25) is 5.02 Å². The minimum absolute atomic E-state index is 0.0128. The first-order valence-corrected chi connectivity index (χ1v) is 15.1. The van der Waals surface area contributed by atoms with E-state index in [1.807, 2.05) is 37.3 Å². The van der Waals surface area contributed by atoms with Crippen molar-refractivity contribution in [2.45, 2.75) is 63.5 Å². The number of fused-ring (bicyclic) bond motifs is 7. The molecule has 1 aliphatic heterocycles. The van der Waals surface area contributed by atoms with E-state index in [1.54, 1.807) is 17.4 Å². The number of nitrogens with one attached hydrogen (secondary N) is 1. The molecule has 8 rings (SSSR count). The maximum atomic E-state index is 14.5. The summed E-state index contributed by atoms with van der Waals surface area (Å²) >= 11 is 8.53. The number of thiophene rings is 1. The molecular weight excluding hydrogens is 545 g/mol. The predicted octanol–water partition coefficient (Wildman–Crippen LogP) is 6.18. The van der Waals surface area contributed by atoms with Gasteiger partial charge in [0.05, 0.1) is 11.8 Å². The number of benzene rings is 2. The zero-order valence-electron chi connectivity index (χ0n) is 22.0. The zero-order chi connectivity index (χ0) is 27.2. The van der Waals surface area contributed by atoms with E-state index in [4.69, 9.17) is 16.6 Å². The fraction of sp³-hybridized carbons (Fsp3) is 0.355. The molecular formula is C31H27ClFN5OS. The van der Waals surface area contributed by atoms with Gasteiger partial charge >= 0.3 is 0 Å². The quantitative estimate of drug-likeness (QED) is 0.318. The topological polar surface area (TPSA) is 72.2 Å². The Balaban J connectivity index is 1.13. The largest absolute Gasteiger partial charge is 0.349 e. The summed E-state index contributed by atoms with van der Waals surface area (Å²) in [6.07, 6.45) is 5.43. The van der Waals surface area contributed by atoms with E-state index in [0.717, 1.165) is 77.6 Å². The van der Waals surface area contributed by atoms with Crippen LogP contribution in [0, 0.1) is 18.7 Å². The number of rotatable bonds is 4. The molecule has 9 heteroatoms. The Hall–Kier alpha value is -3.36. The van der Waals surface area contributed by atoms with Gasteiger partial charge in [-0.2, -0.15) is 0 Å². The molecule has 4 aliphatic rings. The van der Waals surface area contributed by atoms with Crippen LogP contribution < -0.4 is 5.32 Å². The van der Waals surface area contributed by atoms with E-state index in [2.05, 4.69) is 20.1 Å². The third kappa shape index (κ3) is 3.65. The molecule has 2 aromatic heterocycles. The van der Waals surface area contributed by atoms with Crippen LogP contribution in [0.25, 0.3) is 5.00 Å². The van der Waals surface area contributed by atoms with Gasteiger partial charge in [0.15, 0.2) is 5.82 Å². The number of aryl methyl sites for hydroxylation is 2. The van der Waals surface area contributed by atoms with Gasteiger partial charge in [0, 0.05) is 33.0 Å². The van der Waals surface area contributed by atoms with Crippen LogP contribution in [0.5, 0.6) is 0 Å². The van der Waals surface area contributed by atoms with Crippen molar-refractivity contribution >= 4 is 34.6 Å². The maximum absolute atomic E-state index is 14.5. The first kappa shape index (κ1) is 24.4. The second kappa shape index (κ2) is 8.82. The third-order valence-electron chi connectivity index (χ3n) is 8.90. The molecule has 4 aromatic rings. The lowest BCUT2D eigenvalue weighted by Gasteiger charge is -2.17. The van der Waals surface area contributed by atoms with Crippen molar-refractivity contribution in [3.8, 4) is 5.00 Å². The Morgan fingerprint density at radius 2 is 2.02 bits per heavy atom. The van der Waals surface area contributed by atoms with Crippen molar-refractivity contribution in [2.24, 2.45) is 10.9 Å². The highest BCUT2D eigenvalue weighted by molar-refractivity contribution is 7.15. The summed E-state index contributed by atoms with van der Waals surface area (Å²) in [6.45, 7) is 2.00. The normalized spacial score (nSPS) is 21.3. The van der Waals surface area contributed by atoms with Gasteiger partial charge in [0.2, 0.25) is 5.91 Å². The Morgan fingerprint density at radius 3 is 2.85 bits per heavy atom. The molecule has 1 fully saturated rings. The monoisotopic (exact) mass is 571 g/mol. The average molecular weight is 572 g/mol. The van der Waals surface area contributed by atoms with E-state index < -0.39 is 0 Å². The Labute approximate surface area is 240 Å². The molecule has 1 saturated carbocycles. The highest BCUT2D eigenvalue weighted by Crippen LogP contribution is 2.54. The highest BCUT2D eigenvalue weighted by atomic mass is 35.5. The van der Waals surface area contributed by atoms with Crippen molar-refractivity contribution in [3.63, 3.8) is 0 Å². The summed E-state index contributed by atoms with van der Waals surface area (Å²) in [5.74, 6) is 1.71. The lowest BCUT2D eigenvalue weighted by molar-refractivity contribution is -0.122. The molecule has 3 heterocycles. The second-order valence-corrected chi connectivity index (χ2v) is 13.0. The molecule has 0 saturated heterocycles. The number of hydrogen-bond acceptors (Lipinski definition) is 5. The maximum Gasteiger partial charge on any atom is 0.220 e. The summed E-state index contributed by atoms with van der Waals surface area (Å²) < 4.78 is 16.7. The Morgan fingerprint density at radius 1 is 1.18 bits per heavy atom. The molecule has 0 unspecified atom stereocenters. The number of aromatic nitrogens is 3. The number of halogens is 2. The van der Waals surface area contributed by atoms with Crippen LogP contribution in [0.4, 0.5) is 4.39 Å². The van der Waals surface area contributed by atoms with Gasteiger partial charge in [-0.3, -0.25) is 14.4 Å². The number of aliphatic imine (C=N–C) groups is 1. The number of carbonyl (C=O) groups is 1. The van der Waals surface area contributed by atoms with Gasteiger partial charge in [-0.1, -0.05) is 41.9 Å². The van der Waals surface area contributed by atoms with Crippen LogP contribution in [0.3, 0.4) is 0 Å². The van der Waals surface area contributed by atoms with Crippen LogP contribution >= 0.6 is 22.9 Å². The molecule has 202 valence electrons. The van der Waals surface area contributed by atoms with Gasteiger partial charge in [0.25, 0.3) is 0 Å². The van der Waals surface area contributed by atoms with Crippen molar-refractivity contribution in [1.82, 2.24) is 20.1 Å². The van der Waals surface area contributed by atoms with E-state index in [9.17, 15) is 9.18 Å². The fourth-order valence-corrected chi connectivity index (χ4v) is 8.59. The van der Waals surface area contributed by atoms with E-state index in [-0.39, 0.29) is 29.2 Å². The highest BCUT2D eigenvalue weighted by Gasteiger charge is 2.52. The molecule has 1 spiro atoms. The molecule has 0 bridgehead atoms. The first-order chi connectivity index (χ1) is 19.4. The molecule has 1 amide bonds. The minimum atomic E-state index is -0.369. The Bertz CT molecular complexity index is 1750. The fourth-order valence-electron chi connectivity index (χ4n) is 6.87. The van der Waals surface area contributed by atoms with Crippen LogP contribution in [-0.4, -0.2) is 26.4 Å². The zero-order valence-corrected chi connectivity index (χ0v) is 23.6. The lowest BCUT2D eigenvalue weighted by Crippen LogP contribution is -2.29. The number of nitrogens with zero attached hydrogens (tertiary/aromatic N) is 4. The standard InChI is InChI=1S/C31H27ClFN5OS/c1-16-36-37-30-31(11-12-31)35-28(19-6-2-3-7-21(19)32)27-20-13-17(14-24(20)40-29(27)38(16)30)15-25(39)34-23-10-9-18-5-4-8-22(33)26(18)23/h2-8,17,23H,9-15H2,1H3,(H,34,39)/t17-,23-/m0/s1. The Kier molecular flexibility index (Phi) is 5.39. The molecule has 2 aromatic carbocycles. The van der Waals surface area contributed by atoms with Crippen molar-refractivity contribution in [2.75, 3.05) is 0 Å². The van der Waals surface area contributed by atoms with Crippen molar-refractivity contribution < 1.29 is 9.18 Å². The molecule has 6 nitrogen and oxygen atoms in total. The summed E-state index contributed by atoms with van der Waals surface area (Å²) in [7, 11) is 0. The van der Waals surface area contributed by atoms with Gasteiger partial charge in [-0.25, -0.2) is 4.39 Å². The van der Waals surface area contributed by atoms with Crippen LogP contribution in [-0.2, 0) is 29.6 Å². The predicted molar refractivity (Wildman–Crippen MR) is 153 cm³/mol. The van der Waals surface area contributed by atoms with Crippen LogP contribution in [0.1, 0.15) is 76.1 Å². The number of carbonyl (C=O) groups excluding carboxylic acids is 1. The molecule has 1 N–H and O–H groups in total. The molecule has 2 atom stereocenters. The van der Waals surface area contributed by atoms with Crippen molar-refractivity contribution in [3.05, 3.63) is 97.6 Å². The summed E-state index contributed by atoms with van der Waals surface area (Å²) in [5.41, 5.74) is 5.49.